The molecule has 15 heavy (non-hydrogen) atoms. The zero-order valence-corrected chi connectivity index (χ0v) is 10.2. The molecule has 1 aliphatic rings. The average molecular weight is 242 g/mol. The van der Waals surface area contributed by atoms with Gasteiger partial charge >= 0.3 is 7.82 Å². The first-order valence-electron chi connectivity index (χ1n) is 5.31. The van der Waals surface area contributed by atoms with Crippen LogP contribution in [0.5, 0.6) is 0 Å². The topological polar surface area (TPSA) is 98.0 Å². The summed E-state index contributed by atoms with van der Waals surface area (Å²) >= 11 is 0. The standard InChI is InChI=1S/C6H12.C3H8O.H3O4P/c1-2-4-6-5-3-1;1-2-3-4;1-5(2,3)4/h1-6H2;4H,2-3H2,1H3;(H3,1,2,3,4). The minimum atomic E-state index is -4.64. The van der Waals surface area contributed by atoms with E-state index in [9.17, 15) is 0 Å². The Balaban J connectivity index is 0. The summed E-state index contributed by atoms with van der Waals surface area (Å²) in [5.74, 6) is 0. The van der Waals surface area contributed by atoms with E-state index in [4.69, 9.17) is 24.4 Å². The molecule has 0 heterocycles. The summed E-state index contributed by atoms with van der Waals surface area (Å²) in [6, 6.07) is 0. The summed E-state index contributed by atoms with van der Waals surface area (Å²) in [4.78, 5) is 21.6. The highest BCUT2D eigenvalue weighted by Crippen LogP contribution is 2.25. The first-order chi connectivity index (χ1) is 6.91. The highest BCUT2D eigenvalue weighted by molar-refractivity contribution is 7.45. The van der Waals surface area contributed by atoms with Crippen molar-refractivity contribution in [1.29, 1.82) is 0 Å². The van der Waals surface area contributed by atoms with Crippen molar-refractivity contribution in [2.24, 2.45) is 0 Å². The van der Waals surface area contributed by atoms with E-state index in [0.29, 0.717) is 6.61 Å². The molecule has 0 aromatic heterocycles. The molecule has 1 saturated carbocycles. The molecule has 1 fully saturated rings. The highest BCUT2D eigenvalue weighted by atomic mass is 31.2. The molecule has 1 aliphatic carbocycles. The average Bonchev–Trinajstić information content (AvgIpc) is 2.18. The van der Waals surface area contributed by atoms with Crippen LogP contribution in [0, 0.1) is 0 Å². The summed E-state index contributed by atoms with van der Waals surface area (Å²) in [7, 11) is -4.64. The summed E-state index contributed by atoms with van der Waals surface area (Å²) in [5.41, 5.74) is 0. The summed E-state index contributed by atoms with van der Waals surface area (Å²) in [6.45, 7) is 2.25. The molecule has 0 aromatic carbocycles. The molecular formula is C9H23O5P. The molecule has 0 unspecified atom stereocenters. The van der Waals surface area contributed by atoms with Gasteiger partial charge in [-0.1, -0.05) is 45.4 Å². The van der Waals surface area contributed by atoms with E-state index in [1.807, 2.05) is 6.92 Å². The maximum atomic E-state index is 8.88. The maximum absolute atomic E-state index is 8.88. The smallest absolute Gasteiger partial charge is 0.396 e. The van der Waals surface area contributed by atoms with Crippen molar-refractivity contribution in [3.05, 3.63) is 0 Å². The second kappa shape index (κ2) is 12.1. The van der Waals surface area contributed by atoms with E-state index in [2.05, 4.69) is 0 Å². The van der Waals surface area contributed by atoms with Gasteiger partial charge in [0.1, 0.15) is 0 Å². The number of phosphoric acid groups is 1. The van der Waals surface area contributed by atoms with E-state index in [-0.39, 0.29) is 0 Å². The van der Waals surface area contributed by atoms with Crippen LogP contribution in [-0.2, 0) is 4.57 Å². The Morgan fingerprint density at radius 2 is 1.07 bits per heavy atom. The second-order valence-corrected chi connectivity index (χ2v) is 4.38. The van der Waals surface area contributed by atoms with Gasteiger partial charge in [-0.25, -0.2) is 4.57 Å². The Kier molecular flexibility index (Phi) is 14.1. The molecule has 0 spiro atoms. The molecule has 0 radical (unpaired) electrons. The van der Waals surface area contributed by atoms with Gasteiger partial charge in [0.25, 0.3) is 0 Å². The molecule has 0 atom stereocenters. The largest absolute Gasteiger partial charge is 0.466 e. The summed E-state index contributed by atoms with van der Waals surface area (Å²) in [5, 5.41) is 7.88. The van der Waals surface area contributed by atoms with Crippen molar-refractivity contribution in [3.8, 4) is 0 Å². The molecule has 0 aromatic rings. The second-order valence-electron chi connectivity index (χ2n) is 3.36. The van der Waals surface area contributed by atoms with Gasteiger partial charge in [0.2, 0.25) is 0 Å². The predicted octanol–water partition coefficient (Wildman–Crippen LogP) is 1.80. The fraction of sp³-hybridized carbons (Fsp3) is 1.00. The van der Waals surface area contributed by atoms with Gasteiger partial charge in [0.05, 0.1) is 0 Å². The molecule has 6 heteroatoms. The molecule has 0 aliphatic heterocycles. The van der Waals surface area contributed by atoms with Crippen molar-refractivity contribution in [1.82, 2.24) is 0 Å². The van der Waals surface area contributed by atoms with Gasteiger partial charge in [-0.15, -0.1) is 0 Å². The van der Waals surface area contributed by atoms with Crippen LogP contribution in [0.3, 0.4) is 0 Å². The Labute approximate surface area is 91.4 Å². The first kappa shape index (κ1) is 17.5. The number of aliphatic hydroxyl groups excluding tert-OH is 1. The van der Waals surface area contributed by atoms with E-state index in [1.165, 1.54) is 38.5 Å². The molecular weight excluding hydrogens is 219 g/mol. The first-order valence-corrected chi connectivity index (χ1v) is 6.87. The van der Waals surface area contributed by atoms with Gasteiger partial charge in [0, 0.05) is 6.61 Å². The van der Waals surface area contributed by atoms with Crippen molar-refractivity contribution < 1.29 is 24.4 Å². The molecule has 0 amide bonds. The van der Waals surface area contributed by atoms with E-state index in [1.54, 1.807) is 0 Å². The molecule has 4 N–H and O–H groups in total. The Morgan fingerprint density at radius 1 is 0.933 bits per heavy atom. The van der Waals surface area contributed by atoms with E-state index >= 15 is 0 Å². The zero-order valence-electron chi connectivity index (χ0n) is 9.30. The third kappa shape index (κ3) is 41.0. The molecule has 0 bridgehead atoms. The van der Waals surface area contributed by atoms with Crippen molar-refractivity contribution in [2.75, 3.05) is 6.61 Å². The lowest BCUT2D eigenvalue weighted by Crippen LogP contribution is -1.85. The van der Waals surface area contributed by atoms with E-state index < -0.39 is 7.82 Å². The lowest BCUT2D eigenvalue weighted by molar-refractivity contribution is 0.275. The molecule has 5 nitrogen and oxygen atoms in total. The SMILES string of the molecule is C1CCCCC1.CCCO.O=P(O)(O)O. The fourth-order valence-electron chi connectivity index (χ4n) is 1.06. The van der Waals surface area contributed by atoms with Crippen molar-refractivity contribution in [2.45, 2.75) is 51.9 Å². The van der Waals surface area contributed by atoms with Crippen LogP contribution in [0.25, 0.3) is 0 Å². The monoisotopic (exact) mass is 242 g/mol. The quantitative estimate of drug-likeness (QED) is 0.525. The number of hydrogen-bond donors (Lipinski definition) is 4. The van der Waals surface area contributed by atoms with Crippen molar-refractivity contribution >= 4 is 7.82 Å². The summed E-state index contributed by atoms with van der Waals surface area (Å²) < 4.78 is 8.88. The van der Waals surface area contributed by atoms with Gasteiger partial charge in [-0.2, -0.15) is 0 Å². The molecule has 0 saturated heterocycles. The van der Waals surface area contributed by atoms with Crippen LogP contribution in [-0.4, -0.2) is 26.4 Å². The molecule has 1 rings (SSSR count). The Morgan fingerprint density at radius 3 is 1.13 bits per heavy atom. The molecule has 94 valence electrons. The Bertz CT molecular complexity index is 131. The minimum absolute atomic E-state index is 0.319. The zero-order chi connectivity index (χ0) is 12.2. The fourth-order valence-corrected chi connectivity index (χ4v) is 1.06. The predicted molar refractivity (Wildman–Crippen MR) is 59.3 cm³/mol. The third-order valence-electron chi connectivity index (χ3n) is 1.72. The van der Waals surface area contributed by atoms with Gasteiger partial charge < -0.3 is 19.8 Å². The third-order valence-corrected chi connectivity index (χ3v) is 1.72. The van der Waals surface area contributed by atoms with Crippen LogP contribution in [0.4, 0.5) is 0 Å². The van der Waals surface area contributed by atoms with Crippen LogP contribution < -0.4 is 0 Å². The van der Waals surface area contributed by atoms with Crippen LogP contribution in [0.2, 0.25) is 0 Å². The van der Waals surface area contributed by atoms with Gasteiger partial charge in [0.15, 0.2) is 0 Å². The Hall–Kier alpha value is 0.0700. The van der Waals surface area contributed by atoms with Crippen molar-refractivity contribution in [3.63, 3.8) is 0 Å². The number of hydrogen-bond acceptors (Lipinski definition) is 2. The lowest BCUT2D eigenvalue weighted by atomic mass is 10.0. The summed E-state index contributed by atoms with van der Waals surface area (Å²) in [6.07, 6.45) is 9.88. The van der Waals surface area contributed by atoms with Crippen LogP contribution >= 0.6 is 7.82 Å². The van der Waals surface area contributed by atoms with Crippen LogP contribution in [0.15, 0.2) is 0 Å². The van der Waals surface area contributed by atoms with Crippen LogP contribution in [0.1, 0.15) is 51.9 Å². The highest BCUT2D eigenvalue weighted by Gasteiger charge is 2.00. The van der Waals surface area contributed by atoms with Gasteiger partial charge in [-0.3, -0.25) is 0 Å². The number of rotatable bonds is 1. The van der Waals surface area contributed by atoms with E-state index in [0.717, 1.165) is 6.42 Å². The minimum Gasteiger partial charge on any atom is -0.396 e. The lowest BCUT2D eigenvalue weighted by Gasteiger charge is -2.05. The maximum Gasteiger partial charge on any atom is 0.466 e. The van der Waals surface area contributed by atoms with Gasteiger partial charge in [-0.05, 0) is 6.42 Å². The number of aliphatic hydroxyl groups is 1. The normalized spacial score (nSPS) is 15.5.